The second-order valence-corrected chi connectivity index (χ2v) is 10.2. The lowest BCUT2D eigenvalue weighted by atomic mass is 9.81. The summed E-state index contributed by atoms with van der Waals surface area (Å²) in [5.41, 5.74) is 0.313. The highest BCUT2D eigenvalue weighted by atomic mass is 16.7. The van der Waals surface area contributed by atoms with Gasteiger partial charge in [-0.25, -0.2) is 9.78 Å². The number of benzene rings is 1. The zero-order valence-corrected chi connectivity index (χ0v) is 19.6. The van der Waals surface area contributed by atoms with E-state index in [1.54, 1.807) is 52.6 Å². The van der Waals surface area contributed by atoms with Gasteiger partial charge in [-0.2, -0.15) is 4.73 Å². The molecule has 1 aliphatic heterocycles. The molecule has 1 fully saturated rings. The SMILES string of the molecule is CC(C)(C)CC(C)(C)NC(=O)c1ccc(OC(=O)N2CCC(On3ccnc3)CC2)cc1. The highest BCUT2D eigenvalue weighted by molar-refractivity contribution is 5.94. The van der Waals surface area contributed by atoms with Crippen molar-refractivity contribution in [1.29, 1.82) is 0 Å². The number of imidazole rings is 1. The number of ether oxygens (including phenoxy) is 1. The first-order chi connectivity index (χ1) is 15.0. The highest BCUT2D eigenvalue weighted by Gasteiger charge is 2.28. The topological polar surface area (TPSA) is 85.7 Å². The highest BCUT2D eigenvalue weighted by Crippen LogP contribution is 2.27. The average Bonchev–Trinajstić information content (AvgIpc) is 3.19. The summed E-state index contributed by atoms with van der Waals surface area (Å²) in [6.45, 7) is 11.6. The summed E-state index contributed by atoms with van der Waals surface area (Å²) in [5, 5.41) is 3.09. The third kappa shape index (κ3) is 7.00. The smallest absolute Gasteiger partial charge is 0.410 e. The van der Waals surface area contributed by atoms with E-state index in [0.717, 1.165) is 19.3 Å². The molecule has 0 bridgehead atoms. The number of hydrogen-bond acceptors (Lipinski definition) is 5. The molecule has 174 valence electrons. The monoisotopic (exact) mass is 442 g/mol. The minimum atomic E-state index is -0.394. The molecule has 8 nitrogen and oxygen atoms in total. The van der Waals surface area contributed by atoms with Crippen molar-refractivity contribution in [3.05, 3.63) is 48.5 Å². The predicted octanol–water partition coefficient (Wildman–Crippen LogP) is 3.92. The fraction of sp³-hybridized carbons (Fsp3) is 0.542. The van der Waals surface area contributed by atoms with Gasteiger partial charge >= 0.3 is 6.09 Å². The number of piperidine rings is 1. The van der Waals surface area contributed by atoms with Crippen LogP contribution in [0.25, 0.3) is 0 Å². The van der Waals surface area contributed by atoms with Crippen molar-refractivity contribution in [2.24, 2.45) is 5.41 Å². The van der Waals surface area contributed by atoms with E-state index in [9.17, 15) is 9.59 Å². The number of aromatic nitrogens is 2. The summed E-state index contributed by atoms with van der Waals surface area (Å²) >= 11 is 0. The normalized spacial score (nSPS) is 15.3. The Hall–Kier alpha value is -3.03. The number of carbonyl (C=O) groups excluding carboxylic acids is 2. The first-order valence-electron chi connectivity index (χ1n) is 11.1. The quantitative estimate of drug-likeness (QED) is 0.733. The van der Waals surface area contributed by atoms with Crippen LogP contribution in [0.4, 0.5) is 4.79 Å². The minimum Gasteiger partial charge on any atom is -0.410 e. The van der Waals surface area contributed by atoms with Crippen LogP contribution in [-0.4, -0.2) is 51.3 Å². The van der Waals surface area contributed by atoms with E-state index in [2.05, 4.69) is 31.1 Å². The lowest BCUT2D eigenvalue weighted by molar-refractivity contribution is -0.0000203. The van der Waals surface area contributed by atoms with E-state index in [1.165, 1.54) is 0 Å². The lowest BCUT2D eigenvalue weighted by Crippen LogP contribution is -2.45. The predicted molar refractivity (Wildman–Crippen MR) is 121 cm³/mol. The Kier molecular flexibility index (Phi) is 7.11. The summed E-state index contributed by atoms with van der Waals surface area (Å²) in [6, 6.07) is 6.66. The third-order valence-electron chi connectivity index (χ3n) is 5.20. The Bertz CT molecular complexity index is 893. The Morgan fingerprint density at radius 2 is 1.75 bits per heavy atom. The Labute approximate surface area is 189 Å². The van der Waals surface area contributed by atoms with E-state index >= 15 is 0 Å². The van der Waals surface area contributed by atoms with Crippen molar-refractivity contribution in [2.45, 2.75) is 65.5 Å². The van der Waals surface area contributed by atoms with Crippen molar-refractivity contribution in [1.82, 2.24) is 19.9 Å². The molecule has 2 heterocycles. The van der Waals surface area contributed by atoms with Gasteiger partial charge in [-0.3, -0.25) is 4.79 Å². The van der Waals surface area contributed by atoms with Crippen LogP contribution in [0.5, 0.6) is 5.75 Å². The van der Waals surface area contributed by atoms with Crippen LogP contribution in [0.1, 0.15) is 64.2 Å². The molecule has 2 aromatic rings. The van der Waals surface area contributed by atoms with E-state index in [1.807, 2.05) is 13.8 Å². The maximum absolute atomic E-state index is 12.6. The van der Waals surface area contributed by atoms with Gasteiger partial charge in [0.15, 0.2) is 0 Å². The fourth-order valence-electron chi connectivity index (χ4n) is 4.21. The molecule has 1 aromatic heterocycles. The summed E-state index contributed by atoms with van der Waals surface area (Å²) in [7, 11) is 0. The largest absolute Gasteiger partial charge is 0.415 e. The molecule has 0 spiro atoms. The average molecular weight is 443 g/mol. The molecular formula is C24H34N4O4. The maximum Gasteiger partial charge on any atom is 0.415 e. The number of amides is 2. The molecule has 1 N–H and O–H groups in total. The number of rotatable bonds is 6. The van der Waals surface area contributed by atoms with Gasteiger partial charge in [0.1, 0.15) is 18.2 Å². The molecule has 8 heteroatoms. The van der Waals surface area contributed by atoms with Gasteiger partial charge in [0.05, 0.1) is 6.20 Å². The molecule has 0 radical (unpaired) electrons. The Morgan fingerprint density at radius 3 is 2.31 bits per heavy atom. The molecule has 0 atom stereocenters. The molecule has 1 aromatic carbocycles. The first kappa shape index (κ1) is 23.6. The van der Waals surface area contributed by atoms with Crippen LogP contribution in [0.3, 0.4) is 0 Å². The van der Waals surface area contributed by atoms with Gasteiger partial charge in [0.2, 0.25) is 0 Å². The molecule has 1 aliphatic rings. The second kappa shape index (κ2) is 9.63. The van der Waals surface area contributed by atoms with Gasteiger partial charge in [-0.15, -0.1) is 0 Å². The van der Waals surface area contributed by atoms with Crippen LogP contribution in [0.15, 0.2) is 43.0 Å². The van der Waals surface area contributed by atoms with Crippen molar-refractivity contribution < 1.29 is 19.2 Å². The van der Waals surface area contributed by atoms with Crippen LogP contribution < -0.4 is 14.9 Å². The molecule has 1 saturated heterocycles. The molecule has 0 aliphatic carbocycles. The zero-order valence-electron chi connectivity index (χ0n) is 19.6. The Morgan fingerprint density at radius 1 is 1.09 bits per heavy atom. The van der Waals surface area contributed by atoms with Crippen molar-refractivity contribution in [3.8, 4) is 5.75 Å². The fourth-order valence-corrected chi connectivity index (χ4v) is 4.21. The number of carbonyl (C=O) groups is 2. The summed E-state index contributed by atoms with van der Waals surface area (Å²) in [6.07, 6.45) is 6.95. The third-order valence-corrected chi connectivity index (χ3v) is 5.20. The molecule has 2 amide bonds. The molecule has 3 rings (SSSR count). The van der Waals surface area contributed by atoms with Crippen LogP contribution in [0.2, 0.25) is 0 Å². The maximum atomic E-state index is 12.6. The molecular weight excluding hydrogens is 408 g/mol. The van der Waals surface area contributed by atoms with E-state index in [0.29, 0.717) is 24.4 Å². The summed E-state index contributed by atoms with van der Waals surface area (Å²) < 4.78 is 7.08. The second-order valence-electron chi connectivity index (χ2n) is 10.2. The molecule has 0 unspecified atom stereocenters. The van der Waals surface area contributed by atoms with Gasteiger partial charge in [-0.05, 0) is 49.9 Å². The Balaban J connectivity index is 1.48. The first-order valence-corrected chi connectivity index (χ1v) is 11.1. The summed E-state index contributed by atoms with van der Waals surface area (Å²) in [4.78, 5) is 36.5. The van der Waals surface area contributed by atoms with Crippen molar-refractivity contribution in [2.75, 3.05) is 13.1 Å². The molecule has 0 saturated carbocycles. The van der Waals surface area contributed by atoms with Crippen LogP contribution in [-0.2, 0) is 0 Å². The van der Waals surface area contributed by atoms with Gasteiger partial charge < -0.3 is 19.8 Å². The molecule has 32 heavy (non-hydrogen) atoms. The van der Waals surface area contributed by atoms with Crippen LogP contribution >= 0.6 is 0 Å². The van der Waals surface area contributed by atoms with E-state index in [-0.39, 0.29) is 23.0 Å². The van der Waals surface area contributed by atoms with Gasteiger partial charge in [0, 0.05) is 43.2 Å². The number of nitrogens with one attached hydrogen (secondary N) is 1. The lowest BCUT2D eigenvalue weighted by Gasteiger charge is -2.33. The van der Waals surface area contributed by atoms with Gasteiger partial charge in [0.25, 0.3) is 5.91 Å². The summed E-state index contributed by atoms with van der Waals surface area (Å²) in [5.74, 6) is 0.273. The van der Waals surface area contributed by atoms with Crippen molar-refractivity contribution >= 4 is 12.0 Å². The number of likely N-dealkylation sites (tertiary alicyclic amines) is 1. The zero-order chi connectivity index (χ0) is 23.4. The van der Waals surface area contributed by atoms with Gasteiger partial charge in [-0.1, -0.05) is 20.8 Å². The standard InChI is InChI=1S/C24H34N4O4/c1-23(2,3)16-24(4,5)26-21(29)18-6-8-19(9-7-18)31-22(30)27-13-10-20(11-14-27)32-28-15-12-25-17-28/h6-9,12,15,17,20H,10-11,13-14,16H2,1-5H3,(H,26,29). The van der Waals surface area contributed by atoms with Crippen molar-refractivity contribution in [3.63, 3.8) is 0 Å². The number of nitrogens with zero attached hydrogens (tertiary/aromatic N) is 3. The minimum absolute atomic E-state index is 0.0357. The van der Waals surface area contributed by atoms with E-state index < -0.39 is 6.09 Å². The number of hydrogen-bond donors (Lipinski definition) is 1. The van der Waals surface area contributed by atoms with E-state index in [4.69, 9.17) is 9.57 Å². The van der Waals surface area contributed by atoms with Crippen LogP contribution in [0, 0.1) is 5.41 Å².